The highest BCUT2D eigenvalue weighted by atomic mass is 35.5. The van der Waals surface area contributed by atoms with Crippen molar-refractivity contribution in [1.82, 2.24) is 9.47 Å². The first-order valence-electron chi connectivity index (χ1n) is 9.09. The molecule has 1 heterocycles. The third kappa shape index (κ3) is 4.86. The van der Waals surface area contributed by atoms with Crippen molar-refractivity contribution >= 4 is 29.1 Å². The molecule has 2 aromatic carbocycles. The normalized spacial score (nSPS) is 11.1. The second kappa shape index (κ2) is 8.80. The number of aryl methyl sites for hydroxylation is 1. The molecule has 0 saturated carbocycles. The molecule has 7 heteroatoms. The highest BCUT2D eigenvalue weighted by molar-refractivity contribution is 6.30. The third-order valence-corrected chi connectivity index (χ3v) is 5.50. The Hall–Kier alpha value is -2.63. The van der Waals surface area contributed by atoms with Gasteiger partial charge in [0.2, 0.25) is 5.88 Å². The van der Waals surface area contributed by atoms with Crippen LogP contribution in [0.4, 0.5) is 0 Å². The van der Waals surface area contributed by atoms with Crippen LogP contribution in [0.2, 0.25) is 10.0 Å². The summed E-state index contributed by atoms with van der Waals surface area (Å²) in [6.45, 7) is 0. The number of hydrogen-bond acceptors (Lipinski definition) is 3. The number of aromatic hydroxyl groups is 2. The molecule has 0 aliphatic carbocycles. The van der Waals surface area contributed by atoms with Crippen LogP contribution in [0.15, 0.2) is 54.7 Å². The van der Waals surface area contributed by atoms with Gasteiger partial charge in [-0.25, -0.2) is 0 Å². The molecule has 1 aromatic heterocycles. The first-order valence-corrected chi connectivity index (χ1v) is 9.85. The fraction of sp³-hybridized carbons (Fsp3) is 0.227. The molecule has 0 unspecified atom stereocenters. The molecule has 5 nitrogen and oxygen atoms in total. The van der Waals surface area contributed by atoms with E-state index in [1.165, 1.54) is 10.8 Å². The predicted molar refractivity (Wildman–Crippen MR) is 115 cm³/mol. The van der Waals surface area contributed by atoms with E-state index in [0.717, 1.165) is 11.1 Å². The maximum absolute atomic E-state index is 13.1. The van der Waals surface area contributed by atoms with E-state index < -0.39 is 5.75 Å². The van der Waals surface area contributed by atoms with Gasteiger partial charge in [0.15, 0.2) is 5.75 Å². The number of aromatic nitrogens is 1. The Labute approximate surface area is 179 Å². The van der Waals surface area contributed by atoms with E-state index in [1.807, 2.05) is 48.5 Å². The average molecular weight is 433 g/mol. The Kier molecular flexibility index (Phi) is 6.40. The van der Waals surface area contributed by atoms with Gasteiger partial charge in [-0.15, -0.1) is 0 Å². The van der Waals surface area contributed by atoms with E-state index in [2.05, 4.69) is 0 Å². The molecule has 3 aromatic rings. The summed E-state index contributed by atoms with van der Waals surface area (Å²) in [6.07, 6.45) is 2.62. The van der Waals surface area contributed by atoms with Crippen molar-refractivity contribution in [1.29, 1.82) is 0 Å². The molecule has 152 valence electrons. The molecule has 3 rings (SSSR count). The SMILES string of the molecule is CN(C(=O)c1cn(C)c(O)c1O)C(Cc1ccc(Cl)cc1)Cc1ccc(Cl)cc1. The van der Waals surface area contributed by atoms with Crippen molar-refractivity contribution in [3.8, 4) is 11.6 Å². The highest BCUT2D eigenvalue weighted by Crippen LogP contribution is 2.31. The van der Waals surface area contributed by atoms with Gasteiger partial charge >= 0.3 is 0 Å². The Morgan fingerprint density at radius 1 is 0.966 bits per heavy atom. The number of halogens is 2. The van der Waals surface area contributed by atoms with Gasteiger partial charge in [0.1, 0.15) is 5.56 Å². The smallest absolute Gasteiger partial charge is 0.259 e. The van der Waals surface area contributed by atoms with Gasteiger partial charge in [-0.3, -0.25) is 4.79 Å². The maximum atomic E-state index is 13.1. The predicted octanol–water partition coefficient (Wildman–Crippen LogP) is 4.67. The van der Waals surface area contributed by atoms with Crippen LogP contribution in [0.1, 0.15) is 21.5 Å². The summed E-state index contributed by atoms with van der Waals surface area (Å²) in [5, 5.41) is 21.2. The van der Waals surface area contributed by atoms with Crippen LogP contribution >= 0.6 is 23.2 Å². The Morgan fingerprint density at radius 2 is 1.41 bits per heavy atom. The molecule has 0 radical (unpaired) electrons. The zero-order valence-electron chi connectivity index (χ0n) is 16.1. The molecule has 0 atom stereocenters. The van der Waals surface area contributed by atoms with E-state index in [4.69, 9.17) is 23.2 Å². The summed E-state index contributed by atoms with van der Waals surface area (Å²) in [6, 6.07) is 14.8. The zero-order chi connectivity index (χ0) is 21.1. The lowest BCUT2D eigenvalue weighted by molar-refractivity contribution is 0.0727. The number of benzene rings is 2. The van der Waals surface area contributed by atoms with E-state index in [-0.39, 0.29) is 23.4 Å². The summed E-state index contributed by atoms with van der Waals surface area (Å²) in [5.41, 5.74) is 2.13. The quantitative estimate of drug-likeness (QED) is 0.594. The van der Waals surface area contributed by atoms with Crippen LogP contribution in [0.5, 0.6) is 11.6 Å². The van der Waals surface area contributed by atoms with Gasteiger partial charge in [-0.05, 0) is 48.2 Å². The molecule has 0 aliphatic heterocycles. The number of rotatable bonds is 6. The van der Waals surface area contributed by atoms with Crippen molar-refractivity contribution in [2.24, 2.45) is 7.05 Å². The summed E-state index contributed by atoms with van der Waals surface area (Å²) < 4.78 is 1.31. The van der Waals surface area contributed by atoms with Crippen molar-refractivity contribution in [3.63, 3.8) is 0 Å². The van der Waals surface area contributed by atoms with Crippen LogP contribution in [0.25, 0.3) is 0 Å². The lowest BCUT2D eigenvalue weighted by atomic mass is 9.97. The summed E-state index contributed by atoms with van der Waals surface area (Å²) >= 11 is 12.0. The molecular formula is C22H22Cl2N2O3. The van der Waals surface area contributed by atoms with Gasteiger partial charge in [0, 0.05) is 36.4 Å². The van der Waals surface area contributed by atoms with E-state index in [0.29, 0.717) is 22.9 Å². The van der Waals surface area contributed by atoms with E-state index >= 15 is 0 Å². The number of hydrogen-bond donors (Lipinski definition) is 2. The van der Waals surface area contributed by atoms with Gasteiger partial charge in [0.25, 0.3) is 5.91 Å². The van der Waals surface area contributed by atoms with Gasteiger partial charge in [0.05, 0.1) is 0 Å². The second-order valence-electron chi connectivity index (χ2n) is 7.06. The standard InChI is InChI=1S/C22H22Cl2N2O3/c1-25-13-19(20(27)22(25)29)21(28)26(2)18(11-14-3-7-16(23)8-4-14)12-15-5-9-17(24)10-6-15/h3-10,13,18,27,29H,11-12H2,1-2H3. The molecule has 29 heavy (non-hydrogen) atoms. The van der Waals surface area contributed by atoms with Crippen LogP contribution in [0, 0.1) is 0 Å². The first kappa shape index (κ1) is 21.1. The van der Waals surface area contributed by atoms with Crippen molar-refractivity contribution in [2.45, 2.75) is 18.9 Å². The summed E-state index contributed by atoms with van der Waals surface area (Å²) in [7, 11) is 3.26. The lowest BCUT2D eigenvalue weighted by Gasteiger charge is -2.28. The lowest BCUT2D eigenvalue weighted by Crippen LogP contribution is -2.40. The second-order valence-corrected chi connectivity index (χ2v) is 7.93. The topological polar surface area (TPSA) is 65.7 Å². The minimum atomic E-state index is -0.416. The minimum absolute atomic E-state index is 0.0599. The zero-order valence-corrected chi connectivity index (χ0v) is 17.7. The van der Waals surface area contributed by atoms with Crippen LogP contribution in [-0.2, 0) is 19.9 Å². The van der Waals surface area contributed by atoms with E-state index in [1.54, 1.807) is 19.0 Å². The van der Waals surface area contributed by atoms with Crippen molar-refractivity contribution in [3.05, 3.63) is 81.5 Å². The largest absolute Gasteiger partial charge is 0.503 e. The first-order chi connectivity index (χ1) is 13.8. The fourth-order valence-electron chi connectivity index (χ4n) is 3.25. The summed E-state index contributed by atoms with van der Waals surface area (Å²) in [5.74, 6) is -1.12. The Bertz CT molecular complexity index is 951. The Morgan fingerprint density at radius 3 is 1.79 bits per heavy atom. The van der Waals surface area contributed by atoms with Gasteiger partial charge < -0.3 is 19.7 Å². The van der Waals surface area contributed by atoms with Crippen molar-refractivity contribution in [2.75, 3.05) is 7.05 Å². The average Bonchev–Trinajstić information content (AvgIpc) is 2.97. The van der Waals surface area contributed by atoms with Crippen LogP contribution in [-0.4, -0.2) is 38.7 Å². The molecule has 0 spiro atoms. The number of carbonyl (C=O) groups is 1. The van der Waals surface area contributed by atoms with Gasteiger partial charge in [-0.1, -0.05) is 47.5 Å². The molecule has 0 saturated heterocycles. The number of nitrogens with zero attached hydrogens (tertiary/aromatic N) is 2. The number of carbonyl (C=O) groups excluding carboxylic acids is 1. The Balaban J connectivity index is 1.89. The van der Waals surface area contributed by atoms with Gasteiger partial charge in [-0.2, -0.15) is 0 Å². The molecule has 0 bridgehead atoms. The maximum Gasteiger partial charge on any atom is 0.259 e. The molecular weight excluding hydrogens is 411 g/mol. The van der Waals surface area contributed by atoms with Crippen molar-refractivity contribution < 1.29 is 15.0 Å². The fourth-order valence-corrected chi connectivity index (χ4v) is 3.50. The van der Waals surface area contributed by atoms with Crippen LogP contribution < -0.4 is 0 Å². The third-order valence-electron chi connectivity index (χ3n) is 4.99. The van der Waals surface area contributed by atoms with Crippen LogP contribution in [0.3, 0.4) is 0 Å². The number of likely N-dealkylation sites (N-methyl/N-ethyl adjacent to an activating group) is 1. The van der Waals surface area contributed by atoms with E-state index in [9.17, 15) is 15.0 Å². The molecule has 1 amide bonds. The highest BCUT2D eigenvalue weighted by Gasteiger charge is 2.27. The summed E-state index contributed by atoms with van der Waals surface area (Å²) in [4.78, 5) is 14.7. The number of amides is 1. The molecule has 0 fully saturated rings. The molecule has 0 aliphatic rings. The molecule has 2 N–H and O–H groups in total. The monoisotopic (exact) mass is 432 g/mol. The minimum Gasteiger partial charge on any atom is -0.503 e.